The molecule has 0 amide bonds. The summed E-state index contributed by atoms with van der Waals surface area (Å²) in [5, 5.41) is 10.8. The van der Waals surface area contributed by atoms with E-state index in [9.17, 15) is 10.1 Å². The second-order valence-corrected chi connectivity index (χ2v) is 5.28. The summed E-state index contributed by atoms with van der Waals surface area (Å²) in [5.41, 5.74) is 6.93. The van der Waals surface area contributed by atoms with E-state index in [1.165, 1.54) is 6.07 Å². The molecule has 1 aliphatic heterocycles. The number of benzene rings is 1. The molecule has 0 aliphatic carbocycles. The van der Waals surface area contributed by atoms with Gasteiger partial charge in [-0.25, -0.2) is 0 Å². The summed E-state index contributed by atoms with van der Waals surface area (Å²) in [6, 6.07) is 5.59. The second-order valence-electron chi connectivity index (χ2n) is 5.28. The highest BCUT2D eigenvalue weighted by molar-refractivity contribution is 5.66. The summed E-state index contributed by atoms with van der Waals surface area (Å²) in [6.07, 6.45) is 1.16. The van der Waals surface area contributed by atoms with E-state index in [0.717, 1.165) is 38.3 Å². The van der Waals surface area contributed by atoms with Crippen molar-refractivity contribution in [2.45, 2.75) is 26.3 Å². The zero-order valence-electron chi connectivity index (χ0n) is 12.1. The minimum Gasteiger partial charge on any atom is -0.393 e. The Bertz CT molecular complexity index is 484. The van der Waals surface area contributed by atoms with Crippen LogP contribution in [0.3, 0.4) is 0 Å². The van der Waals surface area contributed by atoms with Gasteiger partial charge in [0.15, 0.2) is 0 Å². The summed E-state index contributed by atoms with van der Waals surface area (Å²) in [6.45, 7) is 8.36. The van der Waals surface area contributed by atoms with Crippen molar-refractivity contribution in [3.8, 4) is 0 Å². The van der Waals surface area contributed by atoms with Gasteiger partial charge < -0.3 is 10.6 Å². The lowest BCUT2D eigenvalue weighted by Crippen LogP contribution is -2.49. The van der Waals surface area contributed by atoms with Crippen LogP contribution < -0.4 is 10.6 Å². The van der Waals surface area contributed by atoms with Crippen LogP contribution in [0.25, 0.3) is 0 Å². The number of nitro benzene ring substituents is 1. The number of nitrogens with zero attached hydrogens (tertiary/aromatic N) is 3. The number of anilines is 2. The van der Waals surface area contributed by atoms with Gasteiger partial charge in [0.25, 0.3) is 5.69 Å². The Labute approximate surface area is 119 Å². The predicted molar refractivity (Wildman–Crippen MR) is 81.0 cm³/mol. The van der Waals surface area contributed by atoms with Gasteiger partial charge in [0.2, 0.25) is 0 Å². The van der Waals surface area contributed by atoms with E-state index in [0.29, 0.717) is 6.04 Å². The molecule has 1 aromatic carbocycles. The first-order valence-corrected chi connectivity index (χ1v) is 7.05. The first-order chi connectivity index (χ1) is 9.52. The van der Waals surface area contributed by atoms with E-state index in [1.807, 2.05) is 0 Å². The average molecular weight is 278 g/mol. The van der Waals surface area contributed by atoms with E-state index in [-0.39, 0.29) is 11.4 Å². The SMILES string of the molecule is CCC(C)N1CCN(c2ccc([N+](=O)[O-])c(N)c2)CC1. The van der Waals surface area contributed by atoms with E-state index in [1.54, 1.807) is 12.1 Å². The van der Waals surface area contributed by atoms with Crippen LogP contribution in [0.15, 0.2) is 18.2 Å². The molecule has 1 aromatic rings. The van der Waals surface area contributed by atoms with Crippen molar-refractivity contribution in [2.75, 3.05) is 36.8 Å². The molecule has 2 N–H and O–H groups in total. The molecule has 1 fully saturated rings. The number of nitro groups is 1. The fourth-order valence-electron chi connectivity index (χ4n) is 2.58. The van der Waals surface area contributed by atoms with Crippen molar-refractivity contribution in [3.63, 3.8) is 0 Å². The molecule has 0 saturated carbocycles. The van der Waals surface area contributed by atoms with Gasteiger partial charge >= 0.3 is 0 Å². The molecule has 1 atom stereocenters. The van der Waals surface area contributed by atoms with Crippen LogP contribution >= 0.6 is 0 Å². The molecule has 0 aromatic heterocycles. The Balaban J connectivity index is 2.04. The third kappa shape index (κ3) is 3.01. The van der Waals surface area contributed by atoms with E-state index < -0.39 is 4.92 Å². The predicted octanol–water partition coefficient (Wildman–Crippen LogP) is 2.10. The topological polar surface area (TPSA) is 75.6 Å². The fourth-order valence-corrected chi connectivity index (χ4v) is 2.58. The Morgan fingerprint density at radius 2 is 2.00 bits per heavy atom. The van der Waals surface area contributed by atoms with E-state index in [2.05, 4.69) is 23.6 Å². The van der Waals surface area contributed by atoms with Crippen molar-refractivity contribution in [1.29, 1.82) is 0 Å². The normalized spacial score (nSPS) is 18.0. The molecule has 1 aliphatic rings. The Kier molecular flexibility index (Phi) is 4.44. The molecule has 0 bridgehead atoms. The molecular formula is C14H22N4O2. The molecule has 1 heterocycles. The maximum atomic E-state index is 10.8. The van der Waals surface area contributed by atoms with Gasteiger partial charge in [-0.15, -0.1) is 0 Å². The lowest BCUT2D eigenvalue weighted by molar-refractivity contribution is -0.383. The summed E-state index contributed by atoms with van der Waals surface area (Å²) >= 11 is 0. The first-order valence-electron chi connectivity index (χ1n) is 7.05. The largest absolute Gasteiger partial charge is 0.393 e. The molecule has 6 heteroatoms. The molecule has 0 spiro atoms. The quantitative estimate of drug-likeness (QED) is 0.518. The van der Waals surface area contributed by atoms with Gasteiger partial charge in [0.05, 0.1) is 4.92 Å². The fraction of sp³-hybridized carbons (Fsp3) is 0.571. The minimum absolute atomic E-state index is 0.0213. The van der Waals surface area contributed by atoms with Gasteiger partial charge in [0.1, 0.15) is 5.69 Å². The first kappa shape index (κ1) is 14.6. The Hall–Kier alpha value is -1.82. The van der Waals surface area contributed by atoms with Gasteiger partial charge in [0, 0.05) is 44.0 Å². The van der Waals surface area contributed by atoms with E-state index in [4.69, 9.17) is 5.73 Å². The molecular weight excluding hydrogens is 256 g/mol. The Morgan fingerprint density at radius 3 is 2.50 bits per heavy atom. The molecule has 0 radical (unpaired) electrons. The molecule has 1 unspecified atom stereocenters. The monoisotopic (exact) mass is 278 g/mol. The summed E-state index contributed by atoms with van der Waals surface area (Å²) in [7, 11) is 0. The Morgan fingerprint density at radius 1 is 1.35 bits per heavy atom. The van der Waals surface area contributed by atoms with Crippen LogP contribution in [0.5, 0.6) is 0 Å². The standard InChI is InChI=1S/C14H22N4O2/c1-3-11(2)16-6-8-17(9-7-16)12-4-5-14(18(19)20)13(15)10-12/h4-5,10-11H,3,6-9,15H2,1-2H3. The smallest absolute Gasteiger partial charge is 0.292 e. The van der Waals surface area contributed by atoms with Gasteiger partial charge in [-0.2, -0.15) is 0 Å². The number of hydrogen-bond acceptors (Lipinski definition) is 5. The summed E-state index contributed by atoms with van der Waals surface area (Å²) < 4.78 is 0. The highest BCUT2D eigenvalue weighted by atomic mass is 16.6. The minimum atomic E-state index is -0.444. The average Bonchev–Trinajstić information content (AvgIpc) is 2.46. The summed E-state index contributed by atoms with van der Waals surface area (Å²) in [5.74, 6) is 0. The number of nitrogen functional groups attached to an aromatic ring is 1. The highest BCUT2D eigenvalue weighted by Crippen LogP contribution is 2.27. The van der Waals surface area contributed by atoms with Gasteiger partial charge in [-0.3, -0.25) is 15.0 Å². The summed E-state index contributed by atoms with van der Waals surface area (Å²) in [4.78, 5) is 15.0. The van der Waals surface area contributed by atoms with Crippen molar-refractivity contribution in [3.05, 3.63) is 28.3 Å². The second kappa shape index (κ2) is 6.09. The third-order valence-corrected chi connectivity index (χ3v) is 4.10. The maximum absolute atomic E-state index is 10.8. The number of rotatable bonds is 4. The van der Waals surface area contributed by atoms with Crippen LogP contribution in [0.4, 0.5) is 17.1 Å². The van der Waals surface area contributed by atoms with Crippen LogP contribution in [0.2, 0.25) is 0 Å². The van der Waals surface area contributed by atoms with Crippen LogP contribution in [-0.2, 0) is 0 Å². The zero-order chi connectivity index (χ0) is 14.7. The van der Waals surface area contributed by atoms with Crippen LogP contribution in [-0.4, -0.2) is 42.0 Å². The van der Waals surface area contributed by atoms with Crippen LogP contribution in [0, 0.1) is 10.1 Å². The van der Waals surface area contributed by atoms with E-state index >= 15 is 0 Å². The third-order valence-electron chi connectivity index (χ3n) is 4.10. The highest BCUT2D eigenvalue weighted by Gasteiger charge is 2.21. The van der Waals surface area contributed by atoms with Crippen molar-refractivity contribution in [1.82, 2.24) is 4.90 Å². The maximum Gasteiger partial charge on any atom is 0.292 e. The lowest BCUT2D eigenvalue weighted by atomic mass is 10.1. The molecule has 2 rings (SSSR count). The van der Waals surface area contributed by atoms with Crippen molar-refractivity contribution in [2.24, 2.45) is 0 Å². The van der Waals surface area contributed by atoms with Gasteiger partial charge in [-0.05, 0) is 25.5 Å². The number of piperazine rings is 1. The lowest BCUT2D eigenvalue weighted by Gasteiger charge is -2.39. The number of hydrogen-bond donors (Lipinski definition) is 1. The van der Waals surface area contributed by atoms with Gasteiger partial charge in [-0.1, -0.05) is 6.92 Å². The van der Waals surface area contributed by atoms with Crippen LogP contribution in [0.1, 0.15) is 20.3 Å². The van der Waals surface area contributed by atoms with Crippen molar-refractivity contribution >= 4 is 17.1 Å². The van der Waals surface area contributed by atoms with Crippen molar-refractivity contribution < 1.29 is 4.92 Å². The molecule has 110 valence electrons. The molecule has 6 nitrogen and oxygen atoms in total. The zero-order valence-corrected chi connectivity index (χ0v) is 12.1. The molecule has 1 saturated heterocycles. The number of nitrogens with two attached hydrogens (primary N) is 1. The molecule has 20 heavy (non-hydrogen) atoms.